The minimum Gasteiger partial charge on any atom is -0.300 e. The minimum absolute atomic E-state index is 0.249. The van der Waals surface area contributed by atoms with Gasteiger partial charge in [0.2, 0.25) is 0 Å². The molecule has 0 saturated carbocycles. The predicted molar refractivity (Wildman–Crippen MR) is 57.7 cm³/mol. The van der Waals surface area contributed by atoms with E-state index in [1.54, 1.807) is 6.92 Å². The van der Waals surface area contributed by atoms with E-state index < -0.39 is 0 Å². The topological polar surface area (TPSA) is 17.1 Å². The highest BCUT2D eigenvalue weighted by Crippen LogP contribution is 2.26. The van der Waals surface area contributed by atoms with Crippen molar-refractivity contribution >= 4 is 5.78 Å². The lowest BCUT2D eigenvalue weighted by Gasteiger charge is -2.23. The van der Waals surface area contributed by atoms with E-state index in [1.165, 1.54) is 12.8 Å². The van der Waals surface area contributed by atoms with Crippen molar-refractivity contribution in [3.05, 3.63) is 0 Å². The van der Waals surface area contributed by atoms with Gasteiger partial charge in [0, 0.05) is 5.92 Å². The Balaban J connectivity index is 4.04. The Morgan fingerprint density at radius 3 is 2.00 bits per heavy atom. The van der Waals surface area contributed by atoms with E-state index in [2.05, 4.69) is 20.8 Å². The predicted octanol–water partition coefficient (Wildman–Crippen LogP) is 3.67. The quantitative estimate of drug-likeness (QED) is 0.615. The molecule has 0 aromatic carbocycles. The van der Waals surface area contributed by atoms with Crippen molar-refractivity contribution in [1.29, 1.82) is 0 Å². The smallest absolute Gasteiger partial charge is 0.132 e. The van der Waals surface area contributed by atoms with Gasteiger partial charge < -0.3 is 0 Å². The number of carbonyl (C=O) groups excluding carboxylic acids is 1. The molecule has 0 rings (SSSR count). The van der Waals surface area contributed by atoms with E-state index in [-0.39, 0.29) is 5.92 Å². The average Bonchev–Trinajstić information content (AvgIpc) is 2.12. The van der Waals surface area contributed by atoms with E-state index in [0.717, 1.165) is 18.3 Å². The largest absolute Gasteiger partial charge is 0.300 e. The number of hydrogen-bond donors (Lipinski definition) is 0. The van der Waals surface area contributed by atoms with Crippen molar-refractivity contribution in [2.75, 3.05) is 0 Å². The molecule has 0 aromatic rings. The van der Waals surface area contributed by atoms with Crippen LogP contribution in [0, 0.1) is 17.8 Å². The summed E-state index contributed by atoms with van der Waals surface area (Å²) < 4.78 is 0. The zero-order valence-corrected chi connectivity index (χ0v) is 9.76. The summed E-state index contributed by atoms with van der Waals surface area (Å²) in [5, 5.41) is 0. The fourth-order valence-corrected chi connectivity index (χ4v) is 1.75. The van der Waals surface area contributed by atoms with Crippen molar-refractivity contribution < 1.29 is 4.79 Å². The fraction of sp³-hybridized carbons (Fsp3) is 0.917. The van der Waals surface area contributed by atoms with Gasteiger partial charge in [-0.2, -0.15) is 0 Å². The van der Waals surface area contributed by atoms with Crippen LogP contribution in [0.15, 0.2) is 0 Å². The van der Waals surface area contributed by atoms with Crippen LogP contribution >= 0.6 is 0 Å². The third-order valence-electron chi connectivity index (χ3n) is 3.32. The summed E-state index contributed by atoms with van der Waals surface area (Å²) in [6.07, 6.45) is 3.50. The molecule has 1 nitrogen and oxygen atoms in total. The van der Waals surface area contributed by atoms with Gasteiger partial charge in [0.25, 0.3) is 0 Å². The van der Waals surface area contributed by atoms with Gasteiger partial charge in [-0.15, -0.1) is 0 Å². The highest BCUT2D eigenvalue weighted by Gasteiger charge is 2.18. The SMILES string of the molecule is CCC(C)C(CC)CC(C)C(C)=O. The summed E-state index contributed by atoms with van der Waals surface area (Å²) >= 11 is 0. The van der Waals surface area contributed by atoms with Crippen molar-refractivity contribution in [3.63, 3.8) is 0 Å². The van der Waals surface area contributed by atoms with Crippen molar-refractivity contribution in [1.82, 2.24) is 0 Å². The first-order valence-corrected chi connectivity index (χ1v) is 5.53. The molecule has 0 heterocycles. The number of rotatable bonds is 6. The Morgan fingerprint density at radius 1 is 1.15 bits per heavy atom. The molecule has 0 bridgehead atoms. The summed E-state index contributed by atoms with van der Waals surface area (Å²) in [4.78, 5) is 11.1. The van der Waals surface area contributed by atoms with Gasteiger partial charge in [0.15, 0.2) is 0 Å². The van der Waals surface area contributed by atoms with Crippen LogP contribution < -0.4 is 0 Å². The lowest BCUT2D eigenvalue weighted by atomic mass is 9.82. The molecule has 0 N–H and O–H groups in total. The molecule has 3 atom stereocenters. The van der Waals surface area contributed by atoms with Crippen LogP contribution in [-0.4, -0.2) is 5.78 Å². The minimum atomic E-state index is 0.249. The molecule has 1 heteroatoms. The fourth-order valence-electron chi connectivity index (χ4n) is 1.75. The Morgan fingerprint density at radius 2 is 1.69 bits per heavy atom. The van der Waals surface area contributed by atoms with Gasteiger partial charge in [0.05, 0.1) is 0 Å². The maximum Gasteiger partial charge on any atom is 0.132 e. The maximum absolute atomic E-state index is 11.1. The average molecular weight is 184 g/mol. The zero-order valence-electron chi connectivity index (χ0n) is 9.76. The van der Waals surface area contributed by atoms with Crippen molar-refractivity contribution in [3.8, 4) is 0 Å². The molecular formula is C12H24O. The summed E-state index contributed by atoms with van der Waals surface area (Å²) in [7, 11) is 0. The van der Waals surface area contributed by atoms with Gasteiger partial charge in [-0.25, -0.2) is 0 Å². The summed E-state index contributed by atoms with van der Waals surface area (Å²) in [6.45, 7) is 10.5. The van der Waals surface area contributed by atoms with Crippen LogP contribution in [0.5, 0.6) is 0 Å². The molecule has 0 amide bonds. The van der Waals surface area contributed by atoms with Gasteiger partial charge in [-0.3, -0.25) is 4.79 Å². The summed E-state index contributed by atoms with van der Waals surface area (Å²) in [5.41, 5.74) is 0. The molecular weight excluding hydrogens is 160 g/mol. The molecule has 0 aliphatic rings. The zero-order chi connectivity index (χ0) is 10.4. The van der Waals surface area contributed by atoms with Gasteiger partial charge >= 0.3 is 0 Å². The summed E-state index contributed by atoms with van der Waals surface area (Å²) in [5.74, 6) is 2.07. The van der Waals surface area contributed by atoms with Crippen molar-refractivity contribution in [2.45, 2.75) is 53.9 Å². The van der Waals surface area contributed by atoms with Crippen LogP contribution in [0.1, 0.15) is 53.9 Å². The Labute approximate surface area is 82.9 Å². The third-order valence-corrected chi connectivity index (χ3v) is 3.32. The summed E-state index contributed by atoms with van der Waals surface area (Å²) in [6, 6.07) is 0. The molecule has 0 spiro atoms. The Kier molecular flexibility index (Phi) is 6.02. The number of Topliss-reactive ketones (excluding diaryl/α,β-unsaturated/α-hetero) is 1. The molecule has 0 aromatic heterocycles. The highest BCUT2D eigenvalue weighted by atomic mass is 16.1. The molecule has 78 valence electrons. The molecule has 0 radical (unpaired) electrons. The van der Waals surface area contributed by atoms with E-state index in [0.29, 0.717) is 5.78 Å². The molecule has 3 unspecified atom stereocenters. The molecule has 13 heavy (non-hydrogen) atoms. The van der Waals surface area contributed by atoms with Crippen LogP contribution in [-0.2, 0) is 4.79 Å². The lowest BCUT2D eigenvalue weighted by Crippen LogP contribution is -2.17. The second kappa shape index (κ2) is 6.17. The van der Waals surface area contributed by atoms with Gasteiger partial charge in [-0.1, -0.05) is 40.5 Å². The molecule has 0 fully saturated rings. The van der Waals surface area contributed by atoms with Crippen LogP contribution in [0.3, 0.4) is 0 Å². The maximum atomic E-state index is 11.1. The van der Waals surface area contributed by atoms with Gasteiger partial charge in [0.1, 0.15) is 5.78 Å². The monoisotopic (exact) mass is 184 g/mol. The Hall–Kier alpha value is -0.330. The van der Waals surface area contributed by atoms with Crippen LogP contribution in [0.2, 0.25) is 0 Å². The number of carbonyl (C=O) groups is 1. The first-order chi connectivity index (χ1) is 6.02. The molecule has 0 aliphatic heterocycles. The first-order valence-electron chi connectivity index (χ1n) is 5.53. The van der Waals surface area contributed by atoms with Crippen LogP contribution in [0.25, 0.3) is 0 Å². The van der Waals surface area contributed by atoms with E-state index in [9.17, 15) is 4.79 Å². The number of hydrogen-bond acceptors (Lipinski definition) is 1. The van der Waals surface area contributed by atoms with Gasteiger partial charge in [-0.05, 0) is 25.2 Å². The second-order valence-corrected chi connectivity index (χ2v) is 4.30. The normalized spacial score (nSPS) is 17.9. The first kappa shape index (κ1) is 12.7. The standard InChI is InChI=1S/C12H24O/c1-6-9(3)12(7-2)8-10(4)11(5)13/h9-10,12H,6-8H2,1-5H3. The van der Waals surface area contributed by atoms with E-state index in [1.807, 2.05) is 6.92 Å². The van der Waals surface area contributed by atoms with E-state index in [4.69, 9.17) is 0 Å². The van der Waals surface area contributed by atoms with Crippen LogP contribution in [0.4, 0.5) is 0 Å². The Bertz CT molecular complexity index is 151. The third kappa shape index (κ3) is 4.44. The molecule has 0 aliphatic carbocycles. The second-order valence-electron chi connectivity index (χ2n) is 4.30. The number of ketones is 1. The van der Waals surface area contributed by atoms with E-state index >= 15 is 0 Å². The lowest BCUT2D eigenvalue weighted by molar-refractivity contribution is -0.120. The highest BCUT2D eigenvalue weighted by molar-refractivity contribution is 5.77. The van der Waals surface area contributed by atoms with Crippen molar-refractivity contribution in [2.24, 2.45) is 17.8 Å². The molecule has 0 saturated heterocycles.